The average molecular weight is 204 g/mol. The number of phosphoric ester groups is 1. The van der Waals surface area contributed by atoms with Crippen LogP contribution in [0.2, 0.25) is 0 Å². The molecule has 0 aliphatic heterocycles. The maximum atomic E-state index is 10.4. The molecule has 7 heteroatoms. The lowest BCUT2D eigenvalue weighted by atomic mass is 10.4. The van der Waals surface area contributed by atoms with Crippen molar-refractivity contribution in [2.24, 2.45) is 0 Å². The van der Waals surface area contributed by atoms with Gasteiger partial charge in [-0.3, -0.25) is 9.79 Å². The van der Waals surface area contributed by atoms with Gasteiger partial charge in [0.2, 0.25) is 0 Å². The van der Waals surface area contributed by atoms with Crippen LogP contribution in [0.5, 0.6) is 6.01 Å². The molecule has 0 aliphatic carbocycles. The minimum absolute atomic E-state index is 0.300. The Morgan fingerprint density at radius 2 is 1.77 bits per heavy atom. The van der Waals surface area contributed by atoms with Gasteiger partial charge in [-0.05, 0) is 19.9 Å². The fourth-order valence-electron chi connectivity index (χ4n) is 0.841. The molecule has 0 bridgehead atoms. The van der Waals surface area contributed by atoms with Gasteiger partial charge in [-0.2, -0.15) is 0 Å². The summed E-state index contributed by atoms with van der Waals surface area (Å²) < 4.78 is 14.6. The van der Waals surface area contributed by atoms with Crippen LogP contribution in [0.4, 0.5) is 0 Å². The molecular formula is C6H9N2O4P. The summed E-state index contributed by atoms with van der Waals surface area (Å²) in [7, 11) is -4.55. The fourth-order valence-corrected chi connectivity index (χ4v) is 1.14. The quantitative estimate of drug-likeness (QED) is 0.684. The second-order valence-electron chi connectivity index (χ2n) is 2.52. The molecule has 1 rings (SSSR count). The lowest BCUT2D eigenvalue weighted by Crippen LogP contribution is -1.98. The van der Waals surface area contributed by atoms with E-state index in [9.17, 15) is 4.57 Å². The highest BCUT2D eigenvalue weighted by atomic mass is 31.2. The monoisotopic (exact) mass is 204 g/mol. The highest BCUT2D eigenvalue weighted by Crippen LogP contribution is 2.35. The Morgan fingerprint density at radius 3 is 2.15 bits per heavy atom. The van der Waals surface area contributed by atoms with Gasteiger partial charge in [0.15, 0.2) is 0 Å². The molecule has 0 saturated carbocycles. The molecular weight excluding hydrogens is 195 g/mol. The fraction of sp³-hybridized carbons (Fsp3) is 0.333. The smallest absolute Gasteiger partial charge is 0.368 e. The zero-order valence-electron chi connectivity index (χ0n) is 7.13. The van der Waals surface area contributed by atoms with E-state index in [0.29, 0.717) is 11.4 Å². The Morgan fingerprint density at radius 1 is 1.31 bits per heavy atom. The van der Waals surface area contributed by atoms with Gasteiger partial charge in [-0.25, -0.2) is 14.5 Å². The number of rotatable bonds is 2. The molecule has 13 heavy (non-hydrogen) atoms. The van der Waals surface area contributed by atoms with Crippen molar-refractivity contribution < 1.29 is 18.9 Å². The molecule has 0 spiro atoms. The van der Waals surface area contributed by atoms with E-state index in [0.717, 1.165) is 0 Å². The molecule has 6 nitrogen and oxygen atoms in total. The zero-order valence-corrected chi connectivity index (χ0v) is 8.02. The Hall–Kier alpha value is -0.970. The van der Waals surface area contributed by atoms with Crippen molar-refractivity contribution in [1.82, 2.24) is 9.97 Å². The average Bonchev–Trinajstić information content (AvgIpc) is 1.78. The number of aromatic nitrogens is 2. The summed E-state index contributed by atoms with van der Waals surface area (Å²) in [5.74, 6) is 0. The second-order valence-corrected chi connectivity index (χ2v) is 3.68. The van der Waals surface area contributed by atoms with Crippen LogP contribution in [0.15, 0.2) is 6.07 Å². The van der Waals surface area contributed by atoms with Crippen LogP contribution < -0.4 is 4.52 Å². The number of hydrogen-bond donors (Lipinski definition) is 2. The van der Waals surface area contributed by atoms with Crippen LogP contribution in [0.3, 0.4) is 0 Å². The highest BCUT2D eigenvalue weighted by molar-refractivity contribution is 7.46. The van der Waals surface area contributed by atoms with E-state index in [1.807, 2.05) is 0 Å². The third kappa shape index (κ3) is 3.50. The largest absolute Gasteiger partial charge is 0.527 e. The number of nitrogens with zero attached hydrogens (tertiary/aromatic N) is 2. The van der Waals surface area contributed by atoms with Gasteiger partial charge >= 0.3 is 13.8 Å². The minimum Gasteiger partial charge on any atom is -0.368 e. The van der Waals surface area contributed by atoms with Crippen molar-refractivity contribution in [3.63, 3.8) is 0 Å². The molecule has 0 aromatic carbocycles. The molecule has 0 fully saturated rings. The standard InChI is InChI=1S/C6H9N2O4P/c1-4-3-5(2)8-6(7-4)12-13(9,10)11/h3H,1-2H3,(H2,9,10,11). The molecule has 0 atom stereocenters. The maximum absolute atomic E-state index is 10.4. The Balaban J connectivity index is 2.96. The topological polar surface area (TPSA) is 92.5 Å². The van der Waals surface area contributed by atoms with E-state index in [-0.39, 0.29) is 6.01 Å². The van der Waals surface area contributed by atoms with Crippen molar-refractivity contribution in [3.05, 3.63) is 17.5 Å². The van der Waals surface area contributed by atoms with E-state index in [2.05, 4.69) is 14.5 Å². The molecule has 1 aromatic heterocycles. The summed E-state index contributed by atoms with van der Waals surface area (Å²) in [6.45, 7) is 3.36. The van der Waals surface area contributed by atoms with Gasteiger partial charge in [0, 0.05) is 11.4 Å². The number of phosphoric acid groups is 1. The van der Waals surface area contributed by atoms with Crippen LogP contribution in [-0.4, -0.2) is 19.8 Å². The molecule has 0 aliphatic rings. The van der Waals surface area contributed by atoms with Crippen LogP contribution in [0.1, 0.15) is 11.4 Å². The Kier molecular flexibility index (Phi) is 2.66. The van der Waals surface area contributed by atoms with Crippen molar-refractivity contribution in [3.8, 4) is 6.01 Å². The minimum atomic E-state index is -4.55. The summed E-state index contributed by atoms with van der Waals surface area (Å²) in [6.07, 6.45) is 0. The molecule has 1 heterocycles. The first-order valence-corrected chi connectivity index (χ1v) is 4.97. The molecule has 0 unspecified atom stereocenters. The maximum Gasteiger partial charge on any atom is 0.527 e. The summed E-state index contributed by atoms with van der Waals surface area (Å²) in [4.78, 5) is 24.3. The van der Waals surface area contributed by atoms with Gasteiger partial charge in [-0.1, -0.05) is 0 Å². The first-order chi connectivity index (χ1) is 5.87. The van der Waals surface area contributed by atoms with E-state index < -0.39 is 7.82 Å². The SMILES string of the molecule is Cc1cc(C)nc(OP(=O)(O)O)n1. The van der Waals surface area contributed by atoms with Crippen LogP contribution >= 0.6 is 7.82 Å². The van der Waals surface area contributed by atoms with E-state index in [1.165, 1.54) is 0 Å². The Bertz CT molecular complexity index is 341. The first-order valence-electron chi connectivity index (χ1n) is 3.44. The van der Waals surface area contributed by atoms with E-state index in [1.54, 1.807) is 19.9 Å². The summed E-state index contributed by atoms with van der Waals surface area (Å²) in [6, 6.07) is 1.37. The second kappa shape index (κ2) is 3.41. The van der Waals surface area contributed by atoms with Crippen molar-refractivity contribution in [2.75, 3.05) is 0 Å². The summed E-state index contributed by atoms with van der Waals surface area (Å²) in [5, 5.41) is 0. The van der Waals surface area contributed by atoms with E-state index in [4.69, 9.17) is 9.79 Å². The number of aryl methyl sites for hydroxylation is 2. The first kappa shape index (κ1) is 10.1. The molecule has 0 radical (unpaired) electrons. The normalized spacial score (nSPS) is 11.4. The van der Waals surface area contributed by atoms with Gasteiger partial charge in [0.1, 0.15) is 0 Å². The van der Waals surface area contributed by atoms with Gasteiger partial charge < -0.3 is 4.52 Å². The Labute approximate surface area is 74.9 Å². The molecule has 2 N–H and O–H groups in total. The van der Waals surface area contributed by atoms with Gasteiger partial charge in [0.25, 0.3) is 0 Å². The van der Waals surface area contributed by atoms with Gasteiger partial charge in [0.05, 0.1) is 0 Å². The molecule has 0 amide bonds. The third-order valence-electron chi connectivity index (χ3n) is 1.16. The predicted octanol–water partition coefficient (Wildman–Crippen LogP) is 0.565. The lowest BCUT2D eigenvalue weighted by Gasteiger charge is -2.05. The van der Waals surface area contributed by atoms with Crippen LogP contribution in [0.25, 0.3) is 0 Å². The molecule has 1 aromatic rings. The third-order valence-corrected chi connectivity index (χ3v) is 1.56. The molecule has 72 valence electrons. The number of hydrogen-bond acceptors (Lipinski definition) is 4. The lowest BCUT2D eigenvalue weighted by molar-refractivity contribution is 0.275. The van der Waals surface area contributed by atoms with Crippen molar-refractivity contribution in [1.29, 1.82) is 0 Å². The van der Waals surface area contributed by atoms with Crippen molar-refractivity contribution >= 4 is 7.82 Å². The van der Waals surface area contributed by atoms with Crippen molar-refractivity contribution in [2.45, 2.75) is 13.8 Å². The predicted molar refractivity (Wildman–Crippen MR) is 44.2 cm³/mol. The zero-order chi connectivity index (χ0) is 10.1. The highest BCUT2D eigenvalue weighted by Gasteiger charge is 2.18. The van der Waals surface area contributed by atoms with Crippen LogP contribution in [0, 0.1) is 13.8 Å². The van der Waals surface area contributed by atoms with Crippen LogP contribution in [-0.2, 0) is 4.57 Å². The van der Waals surface area contributed by atoms with E-state index >= 15 is 0 Å². The molecule has 0 saturated heterocycles. The van der Waals surface area contributed by atoms with Gasteiger partial charge in [-0.15, -0.1) is 0 Å². The summed E-state index contributed by atoms with van der Waals surface area (Å²) in [5.41, 5.74) is 1.19. The summed E-state index contributed by atoms with van der Waals surface area (Å²) >= 11 is 0.